The van der Waals surface area contributed by atoms with Crippen LogP contribution < -0.4 is 5.76 Å². The summed E-state index contributed by atoms with van der Waals surface area (Å²) in [6.07, 6.45) is 0. The maximum atomic E-state index is 12.9. The second-order valence-corrected chi connectivity index (χ2v) is 7.31. The third-order valence-electron chi connectivity index (χ3n) is 3.46. The van der Waals surface area contributed by atoms with Crippen LogP contribution in [0, 0.1) is 20.8 Å². The van der Waals surface area contributed by atoms with Gasteiger partial charge in [-0.1, -0.05) is 21.9 Å². The Bertz CT molecular complexity index is 1070. The number of aromatic nitrogens is 3. The van der Waals surface area contributed by atoms with Gasteiger partial charge in [-0.05, 0) is 44.5 Å². The van der Waals surface area contributed by atoms with Crippen molar-refractivity contribution < 1.29 is 17.5 Å². The molecule has 3 rings (SSSR count). The van der Waals surface area contributed by atoms with Gasteiger partial charge >= 0.3 is 5.76 Å². The van der Waals surface area contributed by atoms with E-state index in [1.807, 2.05) is 0 Å². The third kappa shape index (κ3) is 2.45. The maximum Gasteiger partial charge on any atom is 0.456 e. The second kappa shape index (κ2) is 5.60. The van der Waals surface area contributed by atoms with Crippen molar-refractivity contribution in [3.05, 3.63) is 50.8 Å². The first-order valence-corrected chi connectivity index (χ1v) is 8.59. The Labute approximate surface area is 141 Å². The summed E-state index contributed by atoms with van der Waals surface area (Å²) in [6.45, 7) is 4.63. The van der Waals surface area contributed by atoms with Crippen molar-refractivity contribution in [3.63, 3.8) is 0 Å². The summed E-state index contributed by atoms with van der Waals surface area (Å²) >= 11 is 5.91. The highest BCUT2D eigenvalue weighted by Crippen LogP contribution is 2.28. The predicted molar refractivity (Wildman–Crippen MR) is 84.5 cm³/mol. The number of nitrogens with zero attached hydrogens (tertiary/aromatic N) is 3. The predicted octanol–water partition coefficient (Wildman–Crippen LogP) is 2.31. The summed E-state index contributed by atoms with van der Waals surface area (Å²) < 4.78 is 35.8. The Hall–Kier alpha value is -2.39. The van der Waals surface area contributed by atoms with Gasteiger partial charge in [0.2, 0.25) is 5.82 Å². The molecular weight excluding hydrogens is 358 g/mol. The SMILES string of the molecule is Cc1cc(Cl)ccc1-c1noc(=O)n1S(=O)(=O)c1c(C)noc1C. The Balaban J connectivity index is 2.31. The van der Waals surface area contributed by atoms with Gasteiger partial charge < -0.3 is 4.52 Å². The first-order chi connectivity index (χ1) is 11.2. The van der Waals surface area contributed by atoms with Gasteiger partial charge in [0, 0.05) is 10.6 Å². The standard InChI is InChI=1S/C14H12ClN3O5S/c1-7-6-10(15)4-5-11(7)13-17-23-14(19)18(13)24(20,21)12-8(2)16-22-9(12)3/h4-6H,1-3H3. The lowest BCUT2D eigenvalue weighted by Crippen LogP contribution is -2.25. The molecule has 0 aliphatic carbocycles. The minimum absolute atomic E-state index is 0.0689. The van der Waals surface area contributed by atoms with E-state index < -0.39 is 15.8 Å². The molecule has 0 amide bonds. The highest BCUT2D eigenvalue weighted by atomic mass is 35.5. The molecule has 1 aromatic carbocycles. The number of benzene rings is 1. The monoisotopic (exact) mass is 369 g/mol. The third-order valence-corrected chi connectivity index (χ3v) is 5.60. The van der Waals surface area contributed by atoms with Crippen molar-refractivity contribution in [1.82, 2.24) is 14.3 Å². The van der Waals surface area contributed by atoms with Crippen molar-refractivity contribution in [2.24, 2.45) is 0 Å². The van der Waals surface area contributed by atoms with Crippen LogP contribution in [0.5, 0.6) is 0 Å². The van der Waals surface area contributed by atoms with Gasteiger partial charge in [0.15, 0.2) is 10.7 Å². The van der Waals surface area contributed by atoms with Gasteiger partial charge in [-0.2, -0.15) is 0 Å². The average Bonchev–Trinajstić information content (AvgIpc) is 3.02. The molecule has 126 valence electrons. The van der Waals surface area contributed by atoms with Crippen molar-refractivity contribution in [2.45, 2.75) is 25.7 Å². The van der Waals surface area contributed by atoms with Gasteiger partial charge in [0.25, 0.3) is 10.0 Å². The normalized spacial score (nSPS) is 11.8. The number of rotatable bonds is 3. The van der Waals surface area contributed by atoms with E-state index in [9.17, 15) is 13.2 Å². The average molecular weight is 370 g/mol. The minimum Gasteiger partial charge on any atom is -0.360 e. The fourth-order valence-corrected chi connectivity index (χ4v) is 4.23. The maximum absolute atomic E-state index is 12.9. The fraction of sp³-hybridized carbons (Fsp3) is 0.214. The first-order valence-electron chi connectivity index (χ1n) is 6.77. The zero-order valence-corrected chi connectivity index (χ0v) is 14.5. The van der Waals surface area contributed by atoms with E-state index in [0.717, 1.165) is 0 Å². The molecule has 0 bridgehead atoms. The molecule has 0 unspecified atom stereocenters. The Morgan fingerprint density at radius 1 is 1.12 bits per heavy atom. The molecule has 3 aromatic rings. The lowest BCUT2D eigenvalue weighted by Gasteiger charge is -2.08. The van der Waals surface area contributed by atoms with Crippen LogP contribution in [0.15, 0.2) is 36.9 Å². The molecule has 24 heavy (non-hydrogen) atoms. The van der Waals surface area contributed by atoms with E-state index in [4.69, 9.17) is 16.1 Å². The molecule has 0 aliphatic rings. The molecule has 10 heteroatoms. The summed E-state index contributed by atoms with van der Waals surface area (Å²) in [6, 6.07) is 4.76. The Kier molecular flexibility index (Phi) is 3.84. The number of halogens is 1. The van der Waals surface area contributed by atoms with Crippen LogP contribution in [0.4, 0.5) is 0 Å². The summed E-state index contributed by atoms with van der Waals surface area (Å²) in [5, 5.41) is 7.70. The number of hydrogen-bond donors (Lipinski definition) is 0. The van der Waals surface area contributed by atoms with Crippen LogP contribution in [0.1, 0.15) is 17.0 Å². The van der Waals surface area contributed by atoms with E-state index in [0.29, 0.717) is 20.1 Å². The Morgan fingerprint density at radius 3 is 2.42 bits per heavy atom. The smallest absolute Gasteiger partial charge is 0.360 e. The summed E-state index contributed by atoms with van der Waals surface area (Å²) in [7, 11) is -4.29. The fourth-order valence-electron chi connectivity index (χ4n) is 2.43. The molecular formula is C14H12ClN3O5S. The van der Waals surface area contributed by atoms with Crippen LogP contribution in [-0.4, -0.2) is 22.7 Å². The van der Waals surface area contributed by atoms with E-state index in [1.54, 1.807) is 25.1 Å². The van der Waals surface area contributed by atoms with Crippen molar-refractivity contribution in [3.8, 4) is 11.4 Å². The summed E-state index contributed by atoms with van der Waals surface area (Å²) in [5.41, 5.74) is 1.18. The highest BCUT2D eigenvalue weighted by molar-refractivity contribution is 7.90. The molecule has 0 saturated carbocycles. The number of hydrogen-bond acceptors (Lipinski definition) is 7. The molecule has 0 radical (unpaired) electrons. The van der Waals surface area contributed by atoms with Gasteiger partial charge in [-0.3, -0.25) is 4.52 Å². The van der Waals surface area contributed by atoms with Crippen LogP contribution >= 0.6 is 11.6 Å². The lowest BCUT2D eigenvalue weighted by atomic mass is 10.1. The van der Waals surface area contributed by atoms with Crippen LogP contribution in [0.3, 0.4) is 0 Å². The Morgan fingerprint density at radius 2 is 1.83 bits per heavy atom. The lowest BCUT2D eigenvalue weighted by molar-refractivity contribution is 0.384. The second-order valence-electron chi connectivity index (χ2n) is 5.15. The van der Waals surface area contributed by atoms with Gasteiger partial charge in [-0.15, -0.1) is 3.97 Å². The molecule has 0 fully saturated rings. The summed E-state index contributed by atoms with van der Waals surface area (Å²) in [4.78, 5) is 11.8. The van der Waals surface area contributed by atoms with Gasteiger partial charge in [0.05, 0.1) is 0 Å². The van der Waals surface area contributed by atoms with E-state index >= 15 is 0 Å². The van der Waals surface area contributed by atoms with Crippen LogP contribution in [0.2, 0.25) is 5.02 Å². The number of aryl methyl sites for hydroxylation is 3. The topological polar surface area (TPSA) is 108 Å². The molecule has 0 aliphatic heterocycles. The van der Waals surface area contributed by atoms with Crippen molar-refractivity contribution in [2.75, 3.05) is 0 Å². The molecule has 0 N–H and O–H groups in total. The largest absolute Gasteiger partial charge is 0.456 e. The zero-order chi connectivity index (χ0) is 17.6. The molecule has 0 saturated heterocycles. The zero-order valence-electron chi connectivity index (χ0n) is 12.9. The van der Waals surface area contributed by atoms with Crippen molar-refractivity contribution >= 4 is 21.6 Å². The molecule has 2 aromatic heterocycles. The molecule has 2 heterocycles. The highest BCUT2D eigenvalue weighted by Gasteiger charge is 2.32. The quantitative estimate of drug-likeness (QED) is 0.696. The van der Waals surface area contributed by atoms with E-state index in [1.165, 1.54) is 13.8 Å². The van der Waals surface area contributed by atoms with Crippen LogP contribution in [-0.2, 0) is 10.0 Å². The molecule has 8 nitrogen and oxygen atoms in total. The van der Waals surface area contributed by atoms with Gasteiger partial charge in [0.1, 0.15) is 5.69 Å². The van der Waals surface area contributed by atoms with Gasteiger partial charge in [-0.25, -0.2) is 13.2 Å². The van der Waals surface area contributed by atoms with Crippen molar-refractivity contribution in [1.29, 1.82) is 0 Å². The van der Waals surface area contributed by atoms with E-state index in [-0.39, 0.29) is 22.2 Å². The van der Waals surface area contributed by atoms with E-state index in [2.05, 4.69) is 14.8 Å². The summed E-state index contributed by atoms with van der Waals surface area (Å²) in [5.74, 6) is -1.20. The molecule has 0 atom stereocenters. The first kappa shape index (κ1) is 16.5. The minimum atomic E-state index is -4.29. The van der Waals surface area contributed by atoms with Crippen LogP contribution in [0.25, 0.3) is 11.4 Å². The molecule has 0 spiro atoms.